The minimum Gasteiger partial charge on any atom is -0.350 e. The monoisotopic (exact) mass is 342 g/mol. The second-order valence-electron chi connectivity index (χ2n) is 8.17. The van der Waals surface area contributed by atoms with Gasteiger partial charge in [0, 0.05) is 19.5 Å². The molecule has 3 rings (SSSR count). The van der Waals surface area contributed by atoms with Gasteiger partial charge in [-0.2, -0.15) is 0 Å². The highest BCUT2D eigenvalue weighted by Crippen LogP contribution is 2.27. The van der Waals surface area contributed by atoms with E-state index in [0.717, 1.165) is 12.1 Å². The molecule has 0 unspecified atom stereocenters. The van der Waals surface area contributed by atoms with Gasteiger partial charge in [-0.05, 0) is 38.2 Å². The molecule has 0 radical (unpaired) electrons. The fourth-order valence-corrected chi connectivity index (χ4v) is 4.08. The van der Waals surface area contributed by atoms with Crippen LogP contribution in [0.2, 0.25) is 0 Å². The Labute approximate surface area is 151 Å². The van der Waals surface area contributed by atoms with Gasteiger partial charge in [0.1, 0.15) is 0 Å². The molecule has 2 fully saturated rings. The summed E-state index contributed by atoms with van der Waals surface area (Å²) in [6.07, 6.45) is 6.82. The second kappa shape index (κ2) is 7.59. The standard InChI is InChI=1S/C21H30N2O2/c1-21(2,17-11-7-4-8-12-17)20(25)22-18-13-19(24)23(15-18)14-16-9-5-3-6-10-16/h4,7-8,11-12,16,18H,3,5-6,9-10,13-15H2,1-2H3,(H,22,25)/t18-/m0/s1. The third-order valence-electron chi connectivity index (χ3n) is 5.82. The Morgan fingerprint density at radius 3 is 2.52 bits per heavy atom. The van der Waals surface area contributed by atoms with Crippen molar-refractivity contribution >= 4 is 11.8 Å². The van der Waals surface area contributed by atoms with Gasteiger partial charge in [-0.25, -0.2) is 0 Å². The van der Waals surface area contributed by atoms with E-state index in [-0.39, 0.29) is 17.9 Å². The fourth-order valence-electron chi connectivity index (χ4n) is 4.08. The lowest BCUT2D eigenvalue weighted by atomic mass is 9.83. The van der Waals surface area contributed by atoms with Crippen molar-refractivity contribution in [2.24, 2.45) is 5.92 Å². The molecule has 1 atom stereocenters. The van der Waals surface area contributed by atoms with Crippen LogP contribution in [-0.2, 0) is 15.0 Å². The van der Waals surface area contributed by atoms with Crippen molar-refractivity contribution in [2.75, 3.05) is 13.1 Å². The number of benzene rings is 1. The Morgan fingerprint density at radius 1 is 1.16 bits per heavy atom. The first-order chi connectivity index (χ1) is 12.0. The zero-order chi connectivity index (χ0) is 17.9. The SMILES string of the molecule is CC(C)(C(=O)N[C@H]1CC(=O)N(CC2CCCCC2)C1)c1ccccc1. The molecule has 0 aromatic heterocycles. The van der Waals surface area contributed by atoms with E-state index in [1.165, 1.54) is 32.1 Å². The summed E-state index contributed by atoms with van der Waals surface area (Å²) in [5.41, 5.74) is 0.400. The van der Waals surface area contributed by atoms with Crippen LogP contribution in [0, 0.1) is 5.92 Å². The Bertz CT molecular complexity index is 606. The maximum absolute atomic E-state index is 12.8. The average molecular weight is 342 g/mol. The second-order valence-corrected chi connectivity index (χ2v) is 8.17. The Kier molecular flexibility index (Phi) is 5.45. The maximum Gasteiger partial charge on any atom is 0.230 e. The number of nitrogens with zero attached hydrogens (tertiary/aromatic N) is 1. The highest BCUT2D eigenvalue weighted by atomic mass is 16.2. The molecule has 2 amide bonds. The van der Waals surface area contributed by atoms with Crippen LogP contribution in [0.1, 0.15) is 57.9 Å². The molecule has 1 saturated carbocycles. The van der Waals surface area contributed by atoms with Gasteiger partial charge in [0.05, 0.1) is 11.5 Å². The third-order valence-corrected chi connectivity index (χ3v) is 5.82. The van der Waals surface area contributed by atoms with Crippen molar-refractivity contribution in [1.29, 1.82) is 0 Å². The number of likely N-dealkylation sites (tertiary alicyclic amines) is 1. The summed E-state index contributed by atoms with van der Waals surface area (Å²) < 4.78 is 0. The van der Waals surface area contributed by atoms with Gasteiger partial charge in [-0.1, -0.05) is 49.6 Å². The number of hydrogen-bond acceptors (Lipinski definition) is 2. The Hall–Kier alpha value is -1.84. The molecule has 4 nitrogen and oxygen atoms in total. The molecule has 1 saturated heterocycles. The summed E-state index contributed by atoms with van der Waals surface area (Å²) >= 11 is 0. The van der Waals surface area contributed by atoms with Crippen LogP contribution in [-0.4, -0.2) is 35.8 Å². The number of hydrogen-bond donors (Lipinski definition) is 1. The van der Waals surface area contributed by atoms with Crippen molar-refractivity contribution in [3.05, 3.63) is 35.9 Å². The fraction of sp³-hybridized carbons (Fsp3) is 0.619. The molecule has 2 aliphatic rings. The lowest BCUT2D eigenvalue weighted by molar-refractivity contribution is -0.128. The summed E-state index contributed by atoms with van der Waals surface area (Å²) in [6.45, 7) is 5.40. The maximum atomic E-state index is 12.8. The van der Waals surface area contributed by atoms with Gasteiger partial charge in [0.25, 0.3) is 0 Å². The molecule has 1 N–H and O–H groups in total. The van der Waals surface area contributed by atoms with E-state index in [1.54, 1.807) is 0 Å². The predicted octanol–water partition coefficient (Wildman–Crippen LogP) is 3.26. The van der Waals surface area contributed by atoms with Crippen molar-refractivity contribution in [2.45, 2.75) is 63.8 Å². The minimum atomic E-state index is -0.596. The average Bonchev–Trinajstić information content (AvgIpc) is 2.95. The molecular weight excluding hydrogens is 312 g/mol. The van der Waals surface area contributed by atoms with Crippen LogP contribution in [0.3, 0.4) is 0 Å². The van der Waals surface area contributed by atoms with Gasteiger partial charge in [-0.15, -0.1) is 0 Å². The van der Waals surface area contributed by atoms with E-state index in [1.807, 2.05) is 49.1 Å². The number of nitrogens with one attached hydrogen (secondary N) is 1. The molecule has 1 aliphatic carbocycles. The lowest BCUT2D eigenvalue weighted by Crippen LogP contribution is -2.46. The smallest absolute Gasteiger partial charge is 0.230 e. The topological polar surface area (TPSA) is 49.4 Å². The number of amides is 2. The highest BCUT2D eigenvalue weighted by Gasteiger charge is 2.36. The molecule has 1 aromatic carbocycles. The van der Waals surface area contributed by atoms with Gasteiger partial charge in [0.2, 0.25) is 11.8 Å². The summed E-state index contributed by atoms with van der Waals surface area (Å²) in [7, 11) is 0. The van der Waals surface area contributed by atoms with Crippen LogP contribution >= 0.6 is 0 Å². The first-order valence-corrected chi connectivity index (χ1v) is 9.61. The quantitative estimate of drug-likeness (QED) is 0.893. The summed E-state index contributed by atoms with van der Waals surface area (Å²) in [5.74, 6) is 0.831. The van der Waals surface area contributed by atoms with Gasteiger partial charge < -0.3 is 10.2 Å². The van der Waals surface area contributed by atoms with Crippen LogP contribution < -0.4 is 5.32 Å². The zero-order valence-electron chi connectivity index (χ0n) is 15.5. The van der Waals surface area contributed by atoms with Crippen LogP contribution in [0.25, 0.3) is 0 Å². The lowest BCUT2D eigenvalue weighted by Gasteiger charge is -2.28. The predicted molar refractivity (Wildman–Crippen MR) is 99.2 cm³/mol. The number of carbonyl (C=O) groups is 2. The van der Waals surface area contributed by atoms with Crippen LogP contribution in [0.4, 0.5) is 0 Å². The largest absolute Gasteiger partial charge is 0.350 e. The molecule has 136 valence electrons. The summed E-state index contributed by atoms with van der Waals surface area (Å²) in [5, 5.41) is 3.11. The van der Waals surface area contributed by atoms with E-state index < -0.39 is 5.41 Å². The zero-order valence-corrected chi connectivity index (χ0v) is 15.5. The van der Waals surface area contributed by atoms with E-state index in [9.17, 15) is 9.59 Å². The van der Waals surface area contributed by atoms with E-state index in [2.05, 4.69) is 5.32 Å². The highest BCUT2D eigenvalue weighted by molar-refractivity contribution is 5.89. The van der Waals surface area contributed by atoms with Crippen molar-refractivity contribution < 1.29 is 9.59 Å². The van der Waals surface area contributed by atoms with Crippen molar-refractivity contribution in [3.8, 4) is 0 Å². The van der Waals surface area contributed by atoms with Crippen LogP contribution in [0.15, 0.2) is 30.3 Å². The normalized spacial score (nSPS) is 22.2. The van der Waals surface area contributed by atoms with Gasteiger partial charge in [0.15, 0.2) is 0 Å². The molecule has 25 heavy (non-hydrogen) atoms. The van der Waals surface area contributed by atoms with E-state index in [0.29, 0.717) is 18.9 Å². The molecule has 0 bridgehead atoms. The van der Waals surface area contributed by atoms with E-state index in [4.69, 9.17) is 0 Å². The van der Waals surface area contributed by atoms with Crippen molar-refractivity contribution in [3.63, 3.8) is 0 Å². The summed E-state index contributed by atoms with van der Waals surface area (Å²) in [6, 6.07) is 9.76. The molecule has 4 heteroatoms. The molecule has 1 heterocycles. The van der Waals surface area contributed by atoms with Crippen molar-refractivity contribution in [1.82, 2.24) is 10.2 Å². The summed E-state index contributed by atoms with van der Waals surface area (Å²) in [4.78, 5) is 27.1. The first-order valence-electron chi connectivity index (χ1n) is 9.61. The minimum absolute atomic E-state index is 0.00369. The van der Waals surface area contributed by atoms with E-state index >= 15 is 0 Å². The third kappa shape index (κ3) is 4.23. The molecule has 0 spiro atoms. The van der Waals surface area contributed by atoms with Gasteiger partial charge in [-0.3, -0.25) is 9.59 Å². The first kappa shape index (κ1) is 18.0. The number of rotatable bonds is 5. The Morgan fingerprint density at radius 2 is 1.84 bits per heavy atom. The molecule has 1 aliphatic heterocycles. The Balaban J connectivity index is 1.56. The molecular formula is C21H30N2O2. The van der Waals surface area contributed by atoms with Gasteiger partial charge >= 0.3 is 0 Å². The van der Waals surface area contributed by atoms with Crippen LogP contribution in [0.5, 0.6) is 0 Å². The molecule has 1 aromatic rings. The number of carbonyl (C=O) groups excluding carboxylic acids is 2.